The van der Waals surface area contributed by atoms with E-state index in [1.54, 1.807) is 6.08 Å². The van der Waals surface area contributed by atoms with Crippen molar-refractivity contribution in [3.8, 4) is 0 Å². The fourth-order valence-corrected chi connectivity index (χ4v) is 1.49. The highest BCUT2D eigenvalue weighted by atomic mass is 19.1. The van der Waals surface area contributed by atoms with Gasteiger partial charge < -0.3 is 5.32 Å². The van der Waals surface area contributed by atoms with E-state index in [1.807, 2.05) is 6.92 Å². The van der Waals surface area contributed by atoms with Crippen LogP contribution in [-0.4, -0.2) is 11.0 Å². The molecule has 0 bridgehead atoms. The van der Waals surface area contributed by atoms with E-state index < -0.39 is 10.7 Å². The average Bonchev–Trinajstić information content (AvgIpc) is 2.25. The molecule has 92 valence electrons. The van der Waals surface area contributed by atoms with Gasteiger partial charge in [-0.25, -0.2) is 4.39 Å². The van der Waals surface area contributed by atoms with Crippen LogP contribution >= 0.6 is 0 Å². The lowest BCUT2D eigenvalue weighted by Crippen LogP contribution is -2.14. The van der Waals surface area contributed by atoms with Gasteiger partial charge in [-0.05, 0) is 25.8 Å². The summed E-state index contributed by atoms with van der Waals surface area (Å²) in [7, 11) is 0. The third kappa shape index (κ3) is 4.22. The number of nitro benzene ring substituents is 1. The molecule has 0 aliphatic heterocycles. The van der Waals surface area contributed by atoms with Crippen LogP contribution in [-0.2, 0) is 0 Å². The third-order valence-corrected chi connectivity index (χ3v) is 2.31. The summed E-state index contributed by atoms with van der Waals surface area (Å²) in [5.41, 5.74) is 0.177. The van der Waals surface area contributed by atoms with Crippen LogP contribution in [0.2, 0.25) is 0 Å². The molecule has 0 saturated carbocycles. The zero-order valence-corrected chi connectivity index (χ0v) is 9.65. The summed E-state index contributed by atoms with van der Waals surface area (Å²) in [5, 5.41) is 13.6. The number of hydrogen-bond donors (Lipinski definition) is 1. The predicted octanol–water partition coefficient (Wildman–Crippen LogP) is 3.50. The smallest absolute Gasteiger partial charge is 0.274 e. The van der Waals surface area contributed by atoms with Crippen LogP contribution < -0.4 is 5.32 Å². The molecule has 0 amide bonds. The van der Waals surface area contributed by atoms with Gasteiger partial charge in [-0.2, -0.15) is 0 Å². The molecule has 0 saturated heterocycles. The Morgan fingerprint density at radius 1 is 1.59 bits per heavy atom. The fraction of sp³-hybridized carbons (Fsp3) is 0.333. The highest BCUT2D eigenvalue weighted by molar-refractivity contribution is 5.52. The maximum atomic E-state index is 13.1. The summed E-state index contributed by atoms with van der Waals surface area (Å²) in [4.78, 5) is 9.95. The molecular formula is C12H15FN2O2. The number of halogens is 1. The van der Waals surface area contributed by atoms with Gasteiger partial charge in [0.15, 0.2) is 0 Å². The first-order chi connectivity index (χ1) is 8.02. The molecule has 1 rings (SSSR count). The van der Waals surface area contributed by atoms with Gasteiger partial charge >= 0.3 is 0 Å². The van der Waals surface area contributed by atoms with Gasteiger partial charge in [-0.3, -0.25) is 10.1 Å². The van der Waals surface area contributed by atoms with Crippen molar-refractivity contribution in [1.29, 1.82) is 0 Å². The number of allylic oxidation sites excluding steroid dienone is 1. The highest BCUT2D eigenvalue weighted by Gasteiger charge is 2.10. The number of nitrogens with zero attached hydrogens (tertiary/aromatic N) is 1. The minimum atomic E-state index is -0.613. The lowest BCUT2D eigenvalue weighted by molar-refractivity contribution is -0.385. The molecule has 0 fully saturated rings. The van der Waals surface area contributed by atoms with Crippen LogP contribution in [0.1, 0.15) is 19.8 Å². The Hall–Kier alpha value is -1.91. The highest BCUT2D eigenvalue weighted by Crippen LogP contribution is 2.21. The van der Waals surface area contributed by atoms with Crippen molar-refractivity contribution in [3.05, 3.63) is 46.8 Å². The molecule has 0 aromatic heterocycles. The average molecular weight is 238 g/mol. The molecule has 0 heterocycles. The van der Waals surface area contributed by atoms with Crippen molar-refractivity contribution in [2.24, 2.45) is 0 Å². The standard InChI is InChI=1S/C12H15FN2O2/c1-3-4-5-9(2)14-11-6-10(13)7-12(8-11)15(16)17/h3,6-9,14H,1,4-5H2,2H3. The van der Waals surface area contributed by atoms with Crippen LogP contribution in [0.15, 0.2) is 30.9 Å². The number of non-ortho nitro benzene ring substituents is 1. The fourth-order valence-electron chi connectivity index (χ4n) is 1.49. The van der Waals surface area contributed by atoms with Gasteiger partial charge in [0.05, 0.1) is 11.0 Å². The summed E-state index contributed by atoms with van der Waals surface area (Å²) in [6, 6.07) is 3.58. The molecule has 0 radical (unpaired) electrons. The number of benzene rings is 1. The second-order valence-corrected chi connectivity index (χ2v) is 3.87. The zero-order chi connectivity index (χ0) is 12.8. The van der Waals surface area contributed by atoms with Gasteiger partial charge in [-0.15, -0.1) is 6.58 Å². The number of nitro groups is 1. The second-order valence-electron chi connectivity index (χ2n) is 3.87. The van der Waals surface area contributed by atoms with Gasteiger partial charge in [-0.1, -0.05) is 6.08 Å². The van der Waals surface area contributed by atoms with Crippen molar-refractivity contribution >= 4 is 11.4 Å². The van der Waals surface area contributed by atoms with Crippen molar-refractivity contribution in [2.75, 3.05) is 5.32 Å². The van der Waals surface area contributed by atoms with E-state index in [-0.39, 0.29) is 11.7 Å². The SMILES string of the molecule is C=CCCC(C)Nc1cc(F)cc([N+](=O)[O-])c1. The van der Waals surface area contributed by atoms with Crippen molar-refractivity contribution in [2.45, 2.75) is 25.8 Å². The molecule has 0 aliphatic rings. The maximum Gasteiger partial charge on any atom is 0.274 e. The van der Waals surface area contributed by atoms with Gasteiger partial charge in [0, 0.05) is 17.8 Å². The summed E-state index contributed by atoms with van der Waals surface area (Å²) in [6.07, 6.45) is 3.48. The maximum absolute atomic E-state index is 13.1. The first-order valence-electron chi connectivity index (χ1n) is 5.35. The number of nitrogens with one attached hydrogen (secondary N) is 1. The predicted molar refractivity (Wildman–Crippen MR) is 65.6 cm³/mol. The van der Waals surface area contributed by atoms with E-state index in [0.717, 1.165) is 18.9 Å². The molecule has 0 spiro atoms. The van der Waals surface area contributed by atoms with E-state index in [9.17, 15) is 14.5 Å². The minimum absolute atomic E-state index is 0.106. The van der Waals surface area contributed by atoms with E-state index in [2.05, 4.69) is 11.9 Å². The first-order valence-corrected chi connectivity index (χ1v) is 5.35. The summed E-state index contributed by atoms with van der Waals surface area (Å²) < 4.78 is 13.1. The topological polar surface area (TPSA) is 55.2 Å². The van der Waals surface area contributed by atoms with Crippen LogP contribution in [0, 0.1) is 15.9 Å². The Labute approximate surface area is 99.3 Å². The second kappa shape index (κ2) is 5.98. The van der Waals surface area contributed by atoms with Crippen molar-refractivity contribution < 1.29 is 9.31 Å². The molecule has 4 nitrogen and oxygen atoms in total. The molecular weight excluding hydrogens is 223 g/mol. The Bertz CT molecular complexity index is 421. The third-order valence-electron chi connectivity index (χ3n) is 2.31. The Morgan fingerprint density at radius 2 is 2.29 bits per heavy atom. The van der Waals surface area contributed by atoms with Gasteiger partial charge in [0.25, 0.3) is 5.69 Å². The Balaban J connectivity index is 2.76. The summed E-state index contributed by atoms with van der Waals surface area (Å²) in [6.45, 7) is 5.54. The molecule has 1 atom stereocenters. The summed E-state index contributed by atoms with van der Waals surface area (Å²) >= 11 is 0. The number of rotatable bonds is 6. The molecule has 1 aromatic rings. The first kappa shape index (κ1) is 13.2. The molecule has 1 unspecified atom stereocenters. The molecule has 1 N–H and O–H groups in total. The van der Waals surface area contributed by atoms with Crippen molar-refractivity contribution in [3.63, 3.8) is 0 Å². The molecule has 0 aliphatic carbocycles. The van der Waals surface area contributed by atoms with Gasteiger partial charge in [0.1, 0.15) is 5.82 Å². The number of hydrogen-bond acceptors (Lipinski definition) is 3. The van der Waals surface area contributed by atoms with Crippen LogP contribution in [0.5, 0.6) is 0 Å². The Kier molecular flexibility index (Phi) is 4.63. The number of anilines is 1. The molecule has 17 heavy (non-hydrogen) atoms. The molecule has 1 aromatic carbocycles. The van der Waals surface area contributed by atoms with Crippen LogP contribution in [0.4, 0.5) is 15.8 Å². The van der Waals surface area contributed by atoms with E-state index in [0.29, 0.717) is 5.69 Å². The van der Waals surface area contributed by atoms with Crippen LogP contribution in [0.3, 0.4) is 0 Å². The van der Waals surface area contributed by atoms with E-state index in [4.69, 9.17) is 0 Å². The lowest BCUT2D eigenvalue weighted by atomic mass is 10.1. The van der Waals surface area contributed by atoms with Crippen molar-refractivity contribution in [1.82, 2.24) is 0 Å². The minimum Gasteiger partial charge on any atom is -0.382 e. The largest absolute Gasteiger partial charge is 0.382 e. The lowest BCUT2D eigenvalue weighted by Gasteiger charge is -2.14. The van der Waals surface area contributed by atoms with E-state index >= 15 is 0 Å². The van der Waals surface area contributed by atoms with E-state index in [1.165, 1.54) is 12.1 Å². The van der Waals surface area contributed by atoms with Gasteiger partial charge in [0.2, 0.25) is 0 Å². The molecule has 5 heteroatoms. The monoisotopic (exact) mass is 238 g/mol. The summed E-state index contributed by atoms with van der Waals surface area (Å²) in [5.74, 6) is -0.613. The quantitative estimate of drug-likeness (QED) is 0.469. The van der Waals surface area contributed by atoms with Crippen LogP contribution in [0.25, 0.3) is 0 Å². The zero-order valence-electron chi connectivity index (χ0n) is 9.65. The normalized spacial score (nSPS) is 11.9. The Morgan fingerprint density at radius 3 is 2.88 bits per heavy atom.